The number of ketones is 1. The number of benzene rings is 2. The highest BCUT2D eigenvalue weighted by molar-refractivity contribution is 6.24. The van der Waals surface area contributed by atoms with Gasteiger partial charge in [0, 0.05) is 16.9 Å². The first-order valence-electron chi connectivity index (χ1n) is 9.71. The molecule has 31 heavy (non-hydrogen) atoms. The predicted molar refractivity (Wildman–Crippen MR) is 116 cm³/mol. The first-order valence-corrected chi connectivity index (χ1v) is 9.71. The minimum atomic E-state index is -0.647. The van der Waals surface area contributed by atoms with Crippen molar-refractivity contribution in [2.75, 3.05) is 18.6 Å². The minimum Gasteiger partial charge on any atom is -0.504 e. The highest BCUT2D eigenvalue weighted by atomic mass is 16.5. The maximum atomic E-state index is 13.4. The van der Waals surface area contributed by atoms with Crippen LogP contribution in [-0.4, -0.2) is 36.5 Å². The van der Waals surface area contributed by atoms with E-state index < -0.39 is 11.9 Å². The van der Waals surface area contributed by atoms with Crippen LogP contribution in [0.25, 0.3) is 6.08 Å². The largest absolute Gasteiger partial charge is 0.504 e. The van der Waals surface area contributed by atoms with Crippen LogP contribution in [0.5, 0.6) is 11.5 Å². The van der Waals surface area contributed by atoms with Crippen molar-refractivity contribution in [2.24, 2.45) is 0 Å². The Hall–Kier alpha value is -3.87. The van der Waals surface area contributed by atoms with Gasteiger partial charge in [0.1, 0.15) is 0 Å². The number of phenolic OH excluding ortho intramolecular Hbond substituents is 1. The van der Waals surface area contributed by atoms with Crippen LogP contribution in [0.1, 0.15) is 36.7 Å². The van der Waals surface area contributed by atoms with Crippen LogP contribution in [0.4, 0.5) is 5.69 Å². The molecule has 0 aliphatic carbocycles. The summed E-state index contributed by atoms with van der Waals surface area (Å²) in [5.74, 6) is -0.958. The molecular formula is C24H23NO6. The zero-order valence-electron chi connectivity index (χ0n) is 17.8. The van der Waals surface area contributed by atoms with Gasteiger partial charge >= 0.3 is 5.97 Å². The van der Waals surface area contributed by atoms with E-state index in [1.807, 2.05) is 0 Å². The Balaban J connectivity index is 2.13. The zero-order chi connectivity index (χ0) is 22.7. The van der Waals surface area contributed by atoms with E-state index in [1.54, 1.807) is 56.3 Å². The summed E-state index contributed by atoms with van der Waals surface area (Å²) in [6.45, 7) is 5.24. The van der Waals surface area contributed by atoms with Gasteiger partial charge in [0.25, 0.3) is 5.91 Å². The van der Waals surface area contributed by atoms with Gasteiger partial charge in [-0.1, -0.05) is 18.2 Å². The number of anilines is 1. The van der Waals surface area contributed by atoms with Gasteiger partial charge in [0.15, 0.2) is 17.3 Å². The summed E-state index contributed by atoms with van der Waals surface area (Å²) < 4.78 is 10.3. The maximum absolute atomic E-state index is 13.4. The number of methoxy groups -OCH3 is 1. The number of hydrogen-bond acceptors (Lipinski definition) is 6. The molecule has 1 heterocycles. The molecule has 2 aromatic rings. The molecule has 3 rings (SSSR count). The molecule has 1 aliphatic heterocycles. The lowest BCUT2D eigenvalue weighted by molar-refractivity contribution is -0.136. The maximum Gasteiger partial charge on any atom is 0.340 e. The molecule has 0 radical (unpaired) electrons. The second-order valence-electron chi connectivity index (χ2n) is 6.92. The van der Waals surface area contributed by atoms with Gasteiger partial charge in [-0.05, 0) is 56.7 Å². The molecule has 7 nitrogen and oxygen atoms in total. The lowest BCUT2D eigenvalue weighted by Crippen LogP contribution is -2.24. The molecule has 160 valence electrons. The fraction of sp³-hybridized carbons (Fsp3) is 0.208. The number of ether oxygens (including phenoxy) is 2. The Bertz CT molecular complexity index is 1130. The van der Waals surface area contributed by atoms with Gasteiger partial charge in [-0.15, -0.1) is 0 Å². The highest BCUT2D eigenvalue weighted by Crippen LogP contribution is 2.36. The van der Waals surface area contributed by atoms with Crippen LogP contribution >= 0.6 is 0 Å². The fourth-order valence-corrected chi connectivity index (χ4v) is 3.41. The predicted octanol–water partition coefficient (Wildman–Crippen LogP) is 3.87. The third-order valence-corrected chi connectivity index (χ3v) is 4.90. The number of Topliss-reactive ketones (excluding diaryl/α,β-unsaturated/α-hetero) is 1. The number of amides is 1. The molecule has 7 heteroatoms. The van der Waals surface area contributed by atoms with Crippen LogP contribution in [-0.2, 0) is 14.3 Å². The summed E-state index contributed by atoms with van der Waals surface area (Å²) in [5, 5.41) is 9.93. The Morgan fingerprint density at radius 3 is 2.55 bits per heavy atom. The van der Waals surface area contributed by atoms with Crippen molar-refractivity contribution in [3.63, 3.8) is 0 Å². The van der Waals surface area contributed by atoms with Crippen molar-refractivity contribution in [1.82, 2.24) is 0 Å². The molecular weight excluding hydrogens is 398 g/mol. The van der Waals surface area contributed by atoms with Crippen molar-refractivity contribution in [2.45, 2.75) is 20.8 Å². The van der Waals surface area contributed by atoms with Gasteiger partial charge in [0.2, 0.25) is 0 Å². The summed E-state index contributed by atoms with van der Waals surface area (Å²) in [7, 11) is 1.25. The van der Waals surface area contributed by atoms with Crippen LogP contribution in [0.2, 0.25) is 0 Å². The number of aromatic hydroxyl groups is 1. The zero-order valence-corrected chi connectivity index (χ0v) is 17.8. The molecule has 0 bridgehead atoms. The van der Waals surface area contributed by atoms with Crippen LogP contribution in [0.3, 0.4) is 0 Å². The van der Waals surface area contributed by atoms with Crippen molar-refractivity contribution in [3.8, 4) is 11.5 Å². The summed E-state index contributed by atoms with van der Waals surface area (Å²) in [4.78, 5) is 39.0. The van der Waals surface area contributed by atoms with Crippen LogP contribution < -0.4 is 9.64 Å². The van der Waals surface area contributed by atoms with Gasteiger partial charge in [-0.25, -0.2) is 4.79 Å². The summed E-state index contributed by atoms with van der Waals surface area (Å²) in [5.41, 5.74) is 2.17. The van der Waals surface area contributed by atoms with Gasteiger partial charge < -0.3 is 14.6 Å². The average Bonchev–Trinajstić information content (AvgIpc) is 2.99. The van der Waals surface area contributed by atoms with Crippen molar-refractivity contribution in [1.29, 1.82) is 0 Å². The van der Waals surface area contributed by atoms with E-state index in [0.717, 1.165) is 0 Å². The lowest BCUT2D eigenvalue weighted by atomic mass is 10.0. The summed E-state index contributed by atoms with van der Waals surface area (Å²) >= 11 is 0. The van der Waals surface area contributed by atoms with Gasteiger partial charge in [0.05, 0.1) is 24.9 Å². The van der Waals surface area contributed by atoms with Crippen molar-refractivity contribution >= 4 is 29.4 Å². The molecule has 2 aromatic carbocycles. The molecule has 1 amide bonds. The van der Waals surface area contributed by atoms with Crippen LogP contribution in [0.15, 0.2) is 59.3 Å². The Labute approximate surface area is 180 Å². The molecule has 0 fully saturated rings. The lowest BCUT2D eigenvalue weighted by Gasteiger charge is -2.18. The molecule has 0 atom stereocenters. The number of carbonyl (C=O) groups excluding carboxylic acids is 3. The van der Waals surface area contributed by atoms with Crippen molar-refractivity contribution in [3.05, 3.63) is 70.4 Å². The number of esters is 1. The number of phenols is 1. The minimum absolute atomic E-state index is 0.0238. The first kappa shape index (κ1) is 21.8. The van der Waals surface area contributed by atoms with E-state index in [1.165, 1.54) is 25.0 Å². The van der Waals surface area contributed by atoms with E-state index in [-0.39, 0.29) is 28.4 Å². The number of hydrogen-bond donors (Lipinski definition) is 1. The highest BCUT2D eigenvalue weighted by Gasteiger charge is 2.38. The van der Waals surface area contributed by atoms with E-state index >= 15 is 0 Å². The topological polar surface area (TPSA) is 93.1 Å². The smallest absolute Gasteiger partial charge is 0.340 e. The van der Waals surface area contributed by atoms with Gasteiger partial charge in [-0.3, -0.25) is 14.5 Å². The summed E-state index contributed by atoms with van der Waals surface area (Å²) in [6, 6.07) is 11.3. The van der Waals surface area contributed by atoms with E-state index in [4.69, 9.17) is 9.47 Å². The summed E-state index contributed by atoms with van der Waals surface area (Å²) in [6.07, 6.45) is 1.55. The second-order valence-corrected chi connectivity index (χ2v) is 6.92. The molecule has 0 aromatic heterocycles. The molecule has 0 saturated heterocycles. The Morgan fingerprint density at radius 2 is 1.90 bits per heavy atom. The first-order chi connectivity index (χ1) is 14.8. The molecule has 0 spiro atoms. The monoisotopic (exact) mass is 421 g/mol. The van der Waals surface area contributed by atoms with E-state index in [2.05, 4.69) is 0 Å². The van der Waals surface area contributed by atoms with Crippen molar-refractivity contribution < 1.29 is 29.0 Å². The Kier molecular flexibility index (Phi) is 6.25. The Morgan fingerprint density at radius 1 is 1.16 bits per heavy atom. The molecule has 0 saturated carbocycles. The standard InChI is InChI=1S/C24H23NO6/c1-5-31-21-12-16(9-10-20(21)27)11-19-22(24(29)30-4)14(2)25(23(19)28)18-8-6-7-17(13-18)15(3)26/h6-13,27H,5H2,1-4H3/b19-11-. The number of rotatable bonds is 6. The molecule has 1 N–H and O–H groups in total. The number of nitrogens with zero attached hydrogens (tertiary/aromatic N) is 1. The third-order valence-electron chi connectivity index (χ3n) is 4.90. The number of allylic oxidation sites excluding steroid dienone is 1. The van der Waals surface area contributed by atoms with Crippen LogP contribution in [0, 0.1) is 0 Å². The van der Waals surface area contributed by atoms with E-state index in [9.17, 15) is 19.5 Å². The third kappa shape index (κ3) is 4.21. The normalized spacial score (nSPS) is 14.9. The number of carbonyl (C=O) groups is 3. The van der Waals surface area contributed by atoms with E-state index in [0.29, 0.717) is 29.1 Å². The molecule has 1 aliphatic rings. The quantitative estimate of drug-likeness (QED) is 0.432. The second kappa shape index (κ2) is 8.87. The molecule has 0 unspecified atom stereocenters. The SMILES string of the molecule is CCOc1cc(/C=C2\C(=O)N(c3cccc(C(C)=O)c3)C(C)=C2C(=O)OC)ccc1O. The average molecular weight is 421 g/mol. The fourth-order valence-electron chi connectivity index (χ4n) is 3.41. The van der Waals surface area contributed by atoms with Gasteiger partial charge in [-0.2, -0.15) is 0 Å².